The molecule has 0 aliphatic heterocycles. The second kappa shape index (κ2) is 5.03. The molecule has 0 aliphatic rings. The second-order valence-electron chi connectivity index (χ2n) is 4.25. The minimum Gasteiger partial charge on any atom is -0.497 e. The number of aromatic nitrogens is 2. The molecule has 0 fully saturated rings. The first-order chi connectivity index (χ1) is 9.60. The summed E-state index contributed by atoms with van der Waals surface area (Å²) in [6.45, 7) is 0. The first-order valence-electron chi connectivity index (χ1n) is 5.84. The van der Waals surface area contributed by atoms with E-state index in [2.05, 4.69) is 20.9 Å². The Balaban J connectivity index is 2.26. The van der Waals surface area contributed by atoms with Crippen molar-refractivity contribution in [1.29, 1.82) is 0 Å². The van der Waals surface area contributed by atoms with Crippen LogP contribution in [0.5, 0.6) is 5.75 Å². The van der Waals surface area contributed by atoms with Crippen molar-refractivity contribution in [1.82, 2.24) is 9.55 Å². The lowest BCUT2D eigenvalue weighted by Crippen LogP contribution is -1.94. The number of benzene rings is 2. The van der Waals surface area contributed by atoms with Crippen LogP contribution in [0.1, 0.15) is 0 Å². The van der Waals surface area contributed by atoms with Crippen molar-refractivity contribution >= 4 is 39.2 Å². The fourth-order valence-corrected chi connectivity index (χ4v) is 2.75. The third kappa shape index (κ3) is 2.14. The number of imidazole rings is 1. The molecule has 1 aromatic heterocycles. The summed E-state index contributed by atoms with van der Waals surface area (Å²) in [5.41, 5.74) is 2.32. The van der Waals surface area contributed by atoms with Gasteiger partial charge in [0.05, 0.1) is 22.6 Å². The zero-order valence-corrected chi connectivity index (χ0v) is 12.9. The van der Waals surface area contributed by atoms with Crippen LogP contribution in [0, 0.1) is 10.6 Å². The van der Waals surface area contributed by atoms with Gasteiger partial charge < -0.3 is 9.72 Å². The first-order valence-corrected chi connectivity index (χ1v) is 7.04. The normalized spacial score (nSPS) is 10.9. The predicted octanol–water partition coefficient (Wildman–Crippen LogP) is 4.60. The molecule has 1 N–H and O–H groups in total. The topological polar surface area (TPSA) is 29.9 Å². The number of halogens is 2. The summed E-state index contributed by atoms with van der Waals surface area (Å²) in [5.74, 6) is 0.433. The number of nitrogens with one attached hydrogen (secondary N) is 1. The van der Waals surface area contributed by atoms with Gasteiger partial charge in [0.2, 0.25) is 0 Å². The highest BCUT2D eigenvalue weighted by molar-refractivity contribution is 9.10. The van der Waals surface area contributed by atoms with Gasteiger partial charge in [-0.25, -0.2) is 4.39 Å². The Morgan fingerprint density at radius 1 is 1.25 bits per heavy atom. The smallest absolute Gasteiger partial charge is 0.182 e. The molecule has 0 atom stereocenters. The molecular weight excluding hydrogens is 343 g/mol. The molecule has 20 heavy (non-hydrogen) atoms. The van der Waals surface area contributed by atoms with E-state index in [1.807, 2.05) is 24.3 Å². The van der Waals surface area contributed by atoms with E-state index < -0.39 is 0 Å². The van der Waals surface area contributed by atoms with Crippen molar-refractivity contribution in [3.05, 3.63) is 51.5 Å². The average molecular weight is 353 g/mol. The molecule has 3 rings (SSSR count). The van der Waals surface area contributed by atoms with E-state index in [4.69, 9.17) is 17.0 Å². The van der Waals surface area contributed by atoms with Gasteiger partial charge in [0.15, 0.2) is 4.77 Å². The summed E-state index contributed by atoms with van der Waals surface area (Å²) in [4.78, 5) is 3.07. The Hall–Kier alpha value is -1.66. The van der Waals surface area contributed by atoms with Gasteiger partial charge in [0, 0.05) is 11.8 Å². The maximum absolute atomic E-state index is 13.7. The zero-order valence-electron chi connectivity index (χ0n) is 10.5. The Morgan fingerprint density at radius 2 is 1.95 bits per heavy atom. The molecule has 0 radical (unpaired) electrons. The molecule has 3 nitrogen and oxygen atoms in total. The number of H-pyrrole nitrogens is 1. The molecule has 0 spiro atoms. The summed E-state index contributed by atoms with van der Waals surface area (Å²) >= 11 is 8.49. The maximum atomic E-state index is 13.7. The van der Waals surface area contributed by atoms with Gasteiger partial charge in [-0.1, -0.05) is 0 Å². The van der Waals surface area contributed by atoms with E-state index in [-0.39, 0.29) is 5.82 Å². The van der Waals surface area contributed by atoms with Crippen LogP contribution in [0.25, 0.3) is 16.7 Å². The Bertz CT molecular complexity index is 839. The summed E-state index contributed by atoms with van der Waals surface area (Å²) in [6.07, 6.45) is 0. The lowest BCUT2D eigenvalue weighted by atomic mass is 10.2. The van der Waals surface area contributed by atoms with Crippen molar-refractivity contribution in [3.8, 4) is 11.4 Å². The highest BCUT2D eigenvalue weighted by atomic mass is 79.9. The molecular formula is C14H10BrFN2OS. The predicted molar refractivity (Wildman–Crippen MR) is 82.7 cm³/mol. The van der Waals surface area contributed by atoms with Gasteiger partial charge in [-0.2, -0.15) is 0 Å². The second-order valence-corrected chi connectivity index (χ2v) is 5.49. The van der Waals surface area contributed by atoms with Crippen LogP contribution in [0.4, 0.5) is 4.39 Å². The van der Waals surface area contributed by atoms with Gasteiger partial charge >= 0.3 is 0 Å². The highest BCUT2D eigenvalue weighted by Crippen LogP contribution is 2.26. The minimum absolute atomic E-state index is 0.325. The molecule has 0 bridgehead atoms. The van der Waals surface area contributed by atoms with E-state index in [0.717, 1.165) is 17.0 Å². The van der Waals surface area contributed by atoms with Crippen molar-refractivity contribution < 1.29 is 9.13 Å². The van der Waals surface area contributed by atoms with Gasteiger partial charge in [-0.3, -0.25) is 4.57 Å². The molecule has 3 aromatic rings. The van der Waals surface area contributed by atoms with Crippen LogP contribution in [0.2, 0.25) is 0 Å². The average Bonchev–Trinajstić information content (AvgIpc) is 2.75. The lowest BCUT2D eigenvalue weighted by molar-refractivity contribution is 0.415. The first kappa shape index (κ1) is 13.3. The summed E-state index contributed by atoms with van der Waals surface area (Å²) in [6, 6.07) is 10.6. The quantitative estimate of drug-likeness (QED) is 0.683. The molecule has 6 heteroatoms. The van der Waals surface area contributed by atoms with Crippen LogP contribution in [-0.4, -0.2) is 16.7 Å². The fraction of sp³-hybridized carbons (Fsp3) is 0.0714. The summed E-state index contributed by atoms with van der Waals surface area (Å²) in [5, 5.41) is 0. The highest BCUT2D eigenvalue weighted by Gasteiger charge is 2.10. The van der Waals surface area contributed by atoms with Crippen molar-refractivity contribution in [2.45, 2.75) is 0 Å². The van der Waals surface area contributed by atoms with Crippen molar-refractivity contribution in [2.75, 3.05) is 7.11 Å². The Labute approximate surface area is 128 Å². The SMILES string of the molecule is COc1ccc(-n2c(=S)[nH]c3cc(Br)c(F)cc32)cc1. The van der Waals surface area contributed by atoms with Crippen LogP contribution in [-0.2, 0) is 0 Å². The number of aromatic amines is 1. The number of fused-ring (bicyclic) bond motifs is 1. The molecule has 102 valence electrons. The Morgan fingerprint density at radius 3 is 2.60 bits per heavy atom. The Kier molecular flexibility index (Phi) is 3.35. The van der Waals surface area contributed by atoms with E-state index >= 15 is 0 Å². The van der Waals surface area contributed by atoms with Gasteiger partial charge in [-0.15, -0.1) is 0 Å². The van der Waals surface area contributed by atoms with Crippen LogP contribution >= 0.6 is 28.1 Å². The van der Waals surface area contributed by atoms with Gasteiger partial charge in [-0.05, 0) is 58.5 Å². The van der Waals surface area contributed by atoms with Crippen molar-refractivity contribution in [3.63, 3.8) is 0 Å². The summed E-state index contributed by atoms with van der Waals surface area (Å²) in [7, 11) is 1.61. The standard InChI is InChI=1S/C14H10BrFN2OS/c1-19-9-4-2-8(3-5-9)18-13-7-11(16)10(15)6-12(13)17-14(18)20/h2-7H,1H3,(H,17,20). The van der Waals surface area contributed by atoms with E-state index in [9.17, 15) is 4.39 Å². The molecule has 0 amide bonds. The largest absolute Gasteiger partial charge is 0.497 e. The van der Waals surface area contributed by atoms with Crippen LogP contribution in [0.3, 0.4) is 0 Å². The zero-order chi connectivity index (χ0) is 14.3. The maximum Gasteiger partial charge on any atom is 0.182 e. The number of nitrogens with zero attached hydrogens (tertiary/aromatic N) is 1. The number of methoxy groups -OCH3 is 1. The van der Waals surface area contributed by atoms with E-state index in [0.29, 0.717) is 14.8 Å². The third-order valence-electron chi connectivity index (χ3n) is 3.05. The van der Waals surface area contributed by atoms with Crippen LogP contribution in [0.15, 0.2) is 40.9 Å². The van der Waals surface area contributed by atoms with E-state index in [1.165, 1.54) is 6.07 Å². The molecule has 0 unspecified atom stereocenters. The fourth-order valence-electron chi connectivity index (χ4n) is 2.09. The van der Waals surface area contributed by atoms with Crippen LogP contribution < -0.4 is 4.74 Å². The lowest BCUT2D eigenvalue weighted by Gasteiger charge is -2.06. The molecule has 0 aliphatic carbocycles. The van der Waals surface area contributed by atoms with Crippen molar-refractivity contribution in [2.24, 2.45) is 0 Å². The minimum atomic E-state index is -0.325. The molecule has 2 aromatic carbocycles. The number of hydrogen-bond donors (Lipinski definition) is 1. The number of hydrogen-bond acceptors (Lipinski definition) is 2. The van der Waals surface area contributed by atoms with E-state index in [1.54, 1.807) is 17.7 Å². The van der Waals surface area contributed by atoms with Gasteiger partial charge in [0.1, 0.15) is 11.6 Å². The monoisotopic (exact) mass is 352 g/mol. The number of ether oxygens (including phenoxy) is 1. The molecule has 0 saturated heterocycles. The third-order valence-corrected chi connectivity index (χ3v) is 3.95. The van der Waals surface area contributed by atoms with Gasteiger partial charge in [0.25, 0.3) is 0 Å². The molecule has 0 saturated carbocycles. The molecule has 1 heterocycles. The summed E-state index contributed by atoms with van der Waals surface area (Å²) < 4.78 is 21.6. The number of rotatable bonds is 2.